The van der Waals surface area contributed by atoms with E-state index in [-0.39, 0.29) is 5.22 Å². The SMILES string of the molecule is COc1ccc(-c2nnc(S[C@@H](C)C(=O)O)o2)cc1. The van der Waals surface area contributed by atoms with Crippen LogP contribution in [-0.4, -0.2) is 33.6 Å². The summed E-state index contributed by atoms with van der Waals surface area (Å²) in [5, 5.41) is 16.1. The van der Waals surface area contributed by atoms with Crippen LogP contribution in [0.5, 0.6) is 5.75 Å². The topological polar surface area (TPSA) is 85.5 Å². The Labute approximate surface area is 113 Å². The molecule has 100 valence electrons. The number of aliphatic carboxylic acids is 1. The van der Waals surface area contributed by atoms with Crippen LogP contribution in [0.2, 0.25) is 0 Å². The number of carboxylic acid groups (broad SMARTS) is 1. The molecule has 0 aliphatic carbocycles. The number of hydrogen-bond acceptors (Lipinski definition) is 6. The summed E-state index contributed by atoms with van der Waals surface area (Å²) < 4.78 is 10.5. The molecule has 1 N–H and O–H groups in total. The molecule has 0 unspecified atom stereocenters. The van der Waals surface area contributed by atoms with Crippen molar-refractivity contribution in [2.75, 3.05) is 7.11 Å². The average Bonchev–Trinajstić information content (AvgIpc) is 2.87. The van der Waals surface area contributed by atoms with E-state index in [1.807, 2.05) is 0 Å². The Bertz CT molecular complexity index is 567. The summed E-state index contributed by atoms with van der Waals surface area (Å²) in [5.41, 5.74) is 0.753. The Balaban J connectivity index is 2.13. The molecule has 1 aromatic heterocycles. The number of rotatable bonds is 5. The third-order valence-corrected chi connectivity index (χ3v) is 3.29. The molecule has 0 aliphatic heterocycles. The third kappa shape index (κ3) is 3.25. The molecule has 0 amide bonds. The number of hydrogen-bond donors (Lipinski definition) is 1. The molecule has 1 aromatic carbocycles. The Morgan fingerprint density at radius 1 is 1.37 bits per heavy atom. The maximum Gasteiger partial charge on any atom is 0.316 e. The number of aromatic nitrogens is 2. The van der Waals surface area contributed by atoms with E-state index in [0.29, 0.717) is 5.89 Å². The summed E-state index contributed by atoms with van der Waals surface area (Å²) in [7, 11) is 1.59. The van der Waals surface area contributed by atoms with Gasteiger partial charge in [-0.05, 0) is 31.2 Å². The van der Waals surface area contributed by atoms with Gasteiger partial charge in [-0.2, -0.15) is 0 Å². The van der Waals surface area contributed by atoms with Gasteiger partial charge < -0.3 is 14.3 Å². The first kappa shape index (κ1) is 13.4. The summed E-state index contributed by atoms with van der Waals surface area (Å²) >= 11 is 1.01. The van der Waals surface area contributed by atoms with Gasteiger partial charge in [-0.1, -0.05) is 11.8 Å². The van der Waals surface area contributed by atoms with Crippen LogP contribution in [-0.2, 0) is 4.79 Å². The van der Waals surface area contributed by atoms with Crippen LogP contribution in [0, 0.1) is 0 Å². The summed E-state index contributed by atoms with van der Waals surface area (Å²) in [5.74, 6) is 0.161. The van der Waals surface area contributed by atoms with Gasteiger partial charge in [0.05, 0.1) is 7.11 Å². The van der Waals surface area contributed by atoms with Gasteiger partial charge in [0.25, 0.3) is 5.22 Å². The fourth-order valence-corrected chi connectivity index (χ4v) is 1.93. The van der Waals surface area contributed by atoms with E-state index >= 15 is 0 Å². The minimum atomic E-state index is -0.922. The van der Waals surface area contributed by atoms with Crippen LogP contribution in [0.4, 0.5) is 0 Å². The van der Waals surface area contributed by atoms with E-state index in [2.05, 4.69) is 10.2 Å². The lowest BCUT2D eigenvalue weighted by Gasteiger charge is -2.00. The Morgan fingerprint density at radius 2 is 2.05 bits per heavy atom. The summed E-state index contributed by atoms with van der Waals surface area (Å²) in [4.78, 5) is 10.7. The van der Waals surface area contributed by atoms with Crippen molar-refractivity contribution in [3.05, 3.63) is 24.3 Å². The highest BCUT2D eigenvalue weighted by molar-refractivity contribution is 8.00. The standard InChI is InChI=1S/C12H12N2O4S/c1-7(11(15)16)19-12-14-13-10(18-12)8-3-5-9(17-2)6-4-8/h3-7H,1-2H3,(H,15,16)/t7-/m0/s1. The molecule has 0 spiro atoms. The molecule has 1 heterocycles. The number of methoxy groups -OCH3 is 1. The van der Waals surface area contributed by atoms with Gasteiger partial charge in [0.2, 0.25) is 5.89 Å². The van der Waals surface area contributed by atoms with Gasteiger partial charge in [0.15, 0.2) is 0 Å². The largest absolute Gasteiger partial charge is 0.497 e. The Hall–Kier alpha value is -2.02. The predicted octanol–water partition coefficient (Wildman–Crippen LogP) is 2.31. The van der Waals surface area contributed by atoms with Crippen molar-refractivity contribution in [1.82, 2.24) is 10.2 Å². The zero-order valence-corrected chi connectivity index (χ0v) is 11.2. The van der Waals surface area contributed by atoms with Crippen LogP contribution in [0.25, 0.3) is 11.5 Å². The van der Waals surface area contributed by atoms with Crippen molar-refractivity contribution in [2.45, 2.75) is 17.4 Å². The molecule has 0 fully saturated rings. The fourth-order valence-electron chi connectivity index (χ4n) is 1.31. The predicted molar refractivity (Wildman–Crippen MR) is 69.2 cm³/mol. The molecule has 7 heteroatoms. The third-order valence-electron chi connectivity index (χ3n) is 2.37. The highest BCUT2D eigenvalue weighted by Crippen LogP contribution is 2.27. The van der Waals surface area contributed by atoms with Gasteiger partial charge in [-0.15, -0.1) is 10.2 Å². The van der Waals surface area contributed by atoms with Crippen LogP contribution in [0.1, 0.15) is 6.92 Å². The molecule has 0 aliphatic rings. The fraction of sp³-hybridized carbons (Fsp3) is 0.250. The number of thioether (sulfide) groups is 1. The number of ether oxygens (including phenoxy) is 1. The normalized spacial score (nSPS) is 12.1. The monoisotopic (exact) mass is 280 g/mol. The van der Waals surface area contributed by atoms with Crippen molar-refractivity contribution in [3.63, 3.8) is 0 Å². The average molecular weight is 280 g/mol. The number of nitrogens with zero attached hydrogens (tertiary/aromatic N) is 2. The van der Waals surface area contributed by atoms with Crippen LogP contribution >= 0.6 is 11.8 Å². The van der Waals surface area contributed by atoms with E-state index in [1.54, 1.807) is 38.3 Å². The van der Waals surface area contributed by atoms with Crippen molar-refractivity contribution in [1.29, 1.82) is 0 Å². The lowest BCUT2D eigenvalue weighted by atomic mass is 10.2. The molecule has 0 saturated heterocycles. The second-order valence-corrected chi connectivity index (χ2v) is 4.99. The van der Waals surface area contributed by atoms with E-state index in [0.717, 1.165) is 23.1 Å². The Morgan fingerprint density at radius 3 is 2.63 bits per heavy atom. The maximum atomic E-state index is 10.7. The van der Waals surface area contributed by atoms with Crippen molar-refractivity contribution >= 4 is 17.7 Å². The molecule has 2 rings (SSSR count). The zero-order valence-electron chi connectivity index (χ0n) is 10.4. The molecular formula is C12H12N2O4S. The van der Waals surface area contributed by atoms with Gasteiger partial charge in [-0.3, -0.25) is 4.79 Å². The molecule has 0 radical (unpaired) electrons. The molecule has 0 saturated carbocycles. The molecule has 1 atom stereocenters. The highest BCUT2D eigenvalue weighted by Gasteiger charge is 2.17. The smallest absolute Gasteiger partial charge is 0.316 e. The number of benzene rings is 1. The van der Waals surface area contributed by atoms with Gasteiger partial charge in [0, 0.05) is 5.56 Å². The number of carbonyl (C=O) groups is 1. The zero-order chi connectivity index (χ0) is 13.8. The molecule has 6 nitrogen and oxygen atoms in total. The first-order valence-corrected chi connectivity index (χ1v) is 6.35. The molecular weight excluding hydrogens is 268 g/mol. The quantitative estimate of drug-likeness (QED) is 0.841. The van der Waals surface area contributed by atoms with E-state index in [9.17, 15) is 4.79 Å². The molecule has 2 aromatic rings. The second-order valence-electron chi connectivity index (χ2n) is 3.70. The van der Waals surface area contributed by atoms with E-state index < -0.39 is 11.2 Å². The Kier molecular flexibility index (Phi) is 4.06. The maximum absolute atomic E-state index is 10.7. The lowest BCUT2D eigenvalue weighted by Crippen LogP contribution is -2.10. The van der Waals surface area contributed by atoms with Crippen LogP contribution in [0.15, 0.2) is 33.9 Å². The highest BCUT2D eigenvalue weighted by atomic mass is 32.2. The van der Waals surface area contributed by atoms with Crippen molar-refractivity contribution < 1.29 is 19.1 Å². The van der Waals surface area contributed by atoms with Gasteiger partial charge in [0.1, 0.15) is 11.0 Å². The minimum Gasteiger partial charge on any atom is -0.497 e. The van der Waals surface area contributed by atoms with Crippen LogP contribution < -0.4 is 4.74 Å². The van der Waals surface area contributed by atoms with E-state index in [4.69, 9.17) is 14.3 Å². The summed E-state index contributed by atoms with van der Waals surface area (Å²) in [6.45, 7) is 1.56. The number of carboxylic acids is 1. The van der Waals surface area contributed by atoms with Crippen molar-refractivity contribution in [2.24, 2.45) is 0 Å². The first-order chi connectivity index (χ1) is 9.10. The molecule has 0 bridgehead atoms. The second kappa shape index (κ2) is 5.75. The van der Waals surface area contributed by atoms with Crippen LogP contribution in [0.3, 0.4) is 0 Å². The van der Waals surface area contributed by atoms with E-state index in [1.165, 1.54) is 0 Å². The summed E-state index contributed by atoms with van der Waals surface area (Å²) in [6, 6.07) is 7.15. The van der Waals surface area contributed by atoms with Gasteiger partial charge >= 0.3 is 5.97 Å². The lowest BCUT2D eigenvalue weighted by molar-refractivity contribution is -0.136. The minimum absolute atomic E-state index is 0.237. The van der Waals surface area contributed by atoms with Gasteiger partial charge in [-0.25, -0.2) is 0 Å². The van der Waals surface area contributed by atoms with Crippen molar-refractivity contribution in [3.8, 4) is 17.2 Å². The molecule has 19 heavy (non-hydrogen) atoms. The summed E-state index contributed by atoms with van der Waals surface area (Å²) in [6.07, 6.45) is 0. The first-order valence-electron chi connectivity index (χ1n) is 5.47.